The number of hydrogen-bond acceptors (Lipinski definition) is 5. The predicted octanol–water partition coefficient (Wildman–Crippen LogP) is -0.294. The molecular weight excluding hydrogens is 256 g/mol. The molecular formula is C11H20N2O4S. The quantitative estimate of drug-likeness (QED) is 0.714. The Morgan fingerprint density at radius 2 is 2.06 bits per heavy atom. The smallest absolute Gasteiger partial charge is 0.306 e. The van der Waals surface area contributed by atoms with Crippen LogP contribution in [0.1, 0.15) is 25.7 Å². The SMILES string of the molecule is COC(=O)CCS(=O)(=O)N1CCC2CCC(C1)N2. The number of nitrogens with zero attached hydrogens (tertiary/aromatic N) is 1. The molecule has 0 amide bonds. The van der Waals surface area contributed by atoms with Crippen molar-refractivity contribution in [3.05, 3.63) is 0 Å². The third-order valence-electron chi connectivity index (χ3n) is 3.67. The summed E-state index contributed by atoms with van der Waals surface area (Å²) in [5.74, 6) is -0.634. The van der Waals surface area contributed by atoms with E-state index >= 15 is 0 Å². The van der Waals surface area contributed by atoms with Gasteiger partial charge >= 0.3 is 5.97 Å². The second-order valence-electron chi connectivity index (χ2n) is 4.93. The Labute approximate surface area is 108 Å². The molecule has 2 heterocycles. The molecule has 0 radical (unpaired) electrons. The molecule has 2 bridgehead atoms. The topological polar surface area (TPSA) is 75.7 Å². The predicted molar refractivity (Wildman–Crippen MR) is 66.6 cm³/mol. The van der Waals surface area contributed by atoms with Gasteiger partial charge in [-0.1, -0.05) is 0 Å². The highest BCUT2D eigenvalue weighted by Crippen LogP contribution is 2.22. The highest BCUT2D eigenvalue weighted by molar-refractivity contribution is 7.89. The minimum atomic E-state index is -3.34. The van der Waals surface area contributed by atoms with E-state index in [0.29, 0.717) is 19.1 Å². The van der Waals surface area contributed by atoms with Crippen LogP contribution in [0, 0.1) is 0 Å². The van der Waals surface area contributed by atoms with Crippen LogP contribution in [0.4, 0.5) is 0 Å². The van der Waals surface area contributed by atoms with Gasteiger partial charge in [0.05, 0.1) is 19.3 Å². The van der Waals surface area contributed by atoms with Crippen molar-refractivity contribution in [2.24, 2.45) is 0 Å². The molecule has 7 heteroatoms. The fraction of sp³-hybridized carbons (Fsp3) is 0.909. The van der Waals surface area contributed by atoms with Crippen LogP contribution in [0.2, 0.25) is 0 Å². The van der Waals surface area contributed by atoms with Crippen LogP contribution in [0.5, 0.6) is 0 Å². The van der Waals surface area contributed by atoms with E-state index in [0.717, 1.165) is 19.3 Å². The summed E-state index contributed by atoms with van der Waals surface area (Å²) in [4.78, 5) is 11.0. The first-order valence-electron chi connectivity index (χ1n) is 6.32. The standard InChI is InChI=1S/C11H20N2O4S/c1-17-11(14)5-7-18(15,16)13-6-4-9-2-3-10(8-13)12-9/h9-10,12H,2-8H2,1H3. The number of carbonyl (C=O) groups is 1. The Kier molecular flexibility index (Phi) is 4.24. The van der Waals surface area contributed by atoms with E-state index in [1.54, 1.807) is 0 Å². The maximum Gasteiger partial charge on any atom is 0.306 e. The van der Waals surface area contributed by atoms with Crippen LogP contribution >= 0.6 is 0 Å². The van der Waals surface area contributed by atoms with E-state index in [1.807, 2.05) is 0 Å². The third-order valence-corrected chi connectivity index (χ3v) is 5.51. The molecule has 2 atom stereocenters. The molecule has 0 aromatic rings. The van der Waals surface area contributed by atoms with Gasteiger partial charge in [0.15, 0.2) is 0 Å². The molecule has 0 spiro atoms. The molecule has 18 heavy (non-hydrogen) atoms. The number of methoxy groups -OCH3 is 1. The molecule has 2 aliphatic heterocycles. The van der Waals surface area contributed by atoms with E-state index in [-0.39, 0.29) is 18.2 Å². The molecule has 0 aromatic heterocycles. The van der Waals surface area contributed by atoms with E-state index in [4.69, 9.17) is 0 Å². The largest absolute Gasteiger partial charge is 0.469 e. The second kappa shape index (κ2) is 5.54. The lowest BCUT2D eigenvalue weighted by Gasteiger charge is -2.23. The summed E-state index contributed by atoms with van der Waals surface area (Å²) in [6.07, 6.45) is 2.96. The van der Waals surface area contributed by atoms with Gasteiger partial charge in [-0.3, -0.25) is 4.79 Å². The number of nitrogens with one attached hydrogen (secondary N) is 1. The van der Waals surface area contributed by atoms with Gasteiger partial charge in [-0.05, 0) is 19.3 Å². The van der Waals surface area contributed by atoms with Crippen LogP contribution in [0.3, 0.4) is 0 Å². The summed E-state index contributed by atoms with van der Waals surface area (Å²) < 4.78 is 30.2. The Balaban J connectivity index is 1.94. The molecule has 2 aliphatic rings. The van der Waals surface area contributed by atoms with Crippen LogP contribution in [0.15, 0.2) is 0 Å². The van der Waals surface area contributed by atoms with Gasteiger partial charge in [-0.2, -0.15) is 0 Å². The normalized spacial score (nSPS) is 28.9. The summed E-state index contributed by atoms with van der Waals surface area (Å²) >= 11 is 0. The number of carbonyl (C=O) groups excluding carboxylic acids is 1. The van der Waals surface area contributed by atoms with Crippen molar-refractivity contribution in [2.75, 3.05) is 26.0 Å². The molecule has 0 aliphatic carbocycles. The van der Waals surface area contributed by atoms with E-state index in [1.165, 1.54) is 11.4 Å². The van der Waals surface area contributed by atoms with Gasteiger partial charge in [0.2, 0.25) is 10.0 Å². The van der Waals surface area contributed by atoms with Crippen LogP contribution in [-0.4, -0.2) is 56.7 Å². The van der Waals surface area contributed by atoms with Crippen molar-refractivity contribution in [3.63, 3.8) is 0 Å². The number of hydrogen-bond donors (Lipinski definition) is 1. The van der Waals surface area contributed by atoms with Crippen molar-refractivity contribution in [3.8, 4) is 0 Å². The van der Waals surface area contributed by atoms with E-state index < -0.39 is 16.0 Å². The summed E-state index contributed by atoms with van der Waals surface area (Å²) in [7, 11) is -2.07. The van der Waals surface area contributed by atoms with Crippen molar-refractivity contribution in [1.29, 1.82) is 0 Å². The zero-order valence-corrected chi connectivity index (χ0v) is 11.4. The lowest BCUT2D eigenvalue weighted by Crippen LogP contribution is -2.40. The molecule has 2 rings (SSSR count). The maximum atomic E-state index is 12.1. The van der Waals surface area contributed by atoms with Gasteiger partial charge in [0.1, 0.15) is 0 Å². The second-order valence-corrected chi connectivity index (χ2v) is 7.02. The van der Waals surface area contributed by atoms with E-state index in [2.05, 4.69) is 10.1 Å². The number of ether oxygens (including phenoxy) is 1. The van der Waals surface area contributed by atoms with Gasteiger partial charge in [-0.25, -0.2) is 12.7 Å². The first-order chi connectivity index (χ1) is 8.51. The summed E-state index contributed by atoms with van der Waals surface area (Å²) in [5, 5.41) is 3.43. The average Bonchev–Trinajstić information content (AvgIpc) is 2.65. The Bertz CT molecular complexity index is 409. The van der Waals surface area contributed by atoms with Crippen molar-refractivity contribution in [2.45, 2.75) is 37.8 Å². The van der Waals surface area contributed by atoms with Crippen molar-refractivity contribution < 1.29 is 17.9 Å². The fourth-order valence-electron chi connectivity index (χ4n) is 2.61. The number of fused-ring (bicyclic) bond motifs is 2. The van der Waals surface area contributed by atoms with Crippen molar-refractivity contribution >= 4 is 16.0 Å². The Morgan fingerprint density at radius 1 is 1.33 bits per heavy atom. The first kappa shape index (κ1) is 13.8. The first-order valence-corrected chi connectivity index (χ1v) is 7.93. The number of rotatable bonds is 4. The van der Waals surface area contributed by atoms with Crippen LogP contribution < -0.4 is 5.32 Å². The summed E-state index contributed by atoms with van der Waals surface area (Å²) in [6.45, 7) is 1.08. The third kappa shape index (κ3) is 3.21. The Hall–Kier alpha value is -0.660. The lowest BCUT2D eigenvalue weighted by atomic mass is 10.1. The highest BCUT2D eigenvalue weighted by Gasteiger charge is 2.34. The van der Waals surface area contributed by atoms with Gasteiger partial charge < -0.3 is 10.1 Å². The van der Waals surface area contributed by atoms with Gasteiger partial charge in [0, 0.05) is 25.2 Å². The molecule has 0 aromatic carbocycles. The maximum absolute atomic E-state index is 12.1. The van der Waals surface area contributed by atoms with Crippen LogP contribution in [0.25, 0.3) is 0 Å². The Morgan fingerprint density at radius 3 is 2.78 bits per heavy atom. The summed E-state index contributed by atoms with van der Waals surface area (Å²) in [5.41, 5.74) is 0. The molecule has 2 saturated heterocycles. The van der Waals surface area contributed by atoms with Crippen molar-refractivity contribution in [1.82, 2.24) is 9.62 Å². The molecule has 2 unspecified atom stereocenters. The number of esters is 1. The molecule has 6 nitrogen and oxygen atoms in total. The number of sulfonamides is 1. The van der Waals surface area contributed by atoms with E-state index in [9.17, 15) is 13.2 Å². The highest BCUT2D eigenvalue weighted by atomic mass is 32.2. The summed E-state index contributed by atoms with van der Waals surface area (Å²) in [6, 6.07) is 0.723. The van der Waals surface area contributed by atoms with Gasteiger partial charge in [-0.15, -0.1) is 0 Å². The average molecular weight is 276 g/mol. The molecule has 0 saturated carbocycles. The van der Waals surface area contributed by atoms with Gasteiger partial charge in [0.25, 0.3) is 0 Å². The molecule has 104 valence electrons. The minimum absolute atomic E-state index is 0.0726. The zero-order valence-electron chi connectivity index (χ0n) is 10.6. The molecule has 2 fully saturated rings. The minimum Gasteiger partial charge on any atom is -0.469 e. The fourth-order valence-corrected chi connectivity index (χ4v) is 4.08. The monoisotopic (exact) mass is 276 g/mol. The zero-order chi connectivity index (χ0) is 13.2. The lowest BCUT2D eigenvalue weighted by molar-refractivity contribution is -0.140. The van der Waals surface area contributed by atoms with Crippen LogP contribution in [-0.2, 0) is 19.6 Å². The molecule has 1 N–H and O–H groups in total.